The number of carbonyl (C=O) groups is 1. The fourth-order valence-corrected chi connectivity index (χ4v) is 5.28. The molecular weight excluding hydrogens is 500 g/mol. The second-order valence-corrected chi connectivity index (χ2v) is 10.3. The molecule has 0 atom stereocenters. The number of hydrogen-bond acceptors (Lipinski definition) is 5. The van der Waals surface area contributed by atoms with Crippen molar-refractivity contribution in [3.63, 3.8) is 0 Å². The maximum absolute atomic E-state index is 15.3. The average Bonchev–Trinajstić information content (AvgIpc) is 3.31. The Morgan fingerprint density at radius 1 is 1.08 bits per heavy atom. The summed E-state index contributed by atoms with van der Waals surface area (Å²) in [5.74, 6) is -3.35. The highest BCUT2D eigenvalue weighted by Gasteiger charge is 2.28. The van der Waals surface area contributed by atoms with E-state index in [0.717, 1.165) is 22.9 Å². The quantitative estimate of drug-likeness (QED) is 0.250. The van der Waals surface area contributed by atoms with E-state index in [1.807, 2.05) is 42.5 Å². The van der Waals surface area contributed by atoms with E-state index in [9.17, 15) is 17.6 Å². The highest BCUT2D eigenvalue weighted by molar-refractivity contribution is 7.92. The number of H-pyrrole nitrogens is 2. The van der Waals surface area contributed by atoms with Crippen LogP contribution in [0.1, 0.15) is 29.3 Å². The third-order valence-electron chi connectivity index (χ3n) is 5.83. The first-order valence-electron chi connectivity index (χ1n) is 11.4. The SMILES string of the molecule is CCCS(=O)(=O)Nc1ccc(F)c(C(=O)c2c[nH]c3[nH+]cnc(Nc4ccc5ccccc5c4)c23)c1F. The van der Waals surface area contributed by atoms with Crippen LogP contribution in [0.15, 0.2) is 67.1 Å². The van der Waals surface area contributed by atoms with Crippen LogP contribution in [0.5, 0.6) is 0 Å². The zero-order valence-corrected chi connectivity index (χ0v) is 20.4. The smallest absolute Gasteiger partial charge is 0.236 e. The molecule has 2 aromatic heterocycles. The number of rotatable bonds is 8. The third kappa shape index (κ3) is 4.73. The monoisotopic (exact) mass is 522 g/mol. The molecule has 2 heterocycles. The molecule has 0 radical (unpaired) electrons. The fraction of sp³-hybridized carbons (Fsp3) is 0.115. The predicted octanol–water partition coefficient (Wildman–Crippen LogP) is 4.93. The van der Waals surface area contributed by atoms with Gasteiger partial charge >= 0.3 is 0 Å². The summed E-state index contributed by atoms with van der Waals surface area (Å²) in [5.41, 5.74) is -0.324. The van der Waals surface area contributed by atoms with Crippen LogP contribution in [0.25, 0.3) is 21.8 Å². The van der Waals surface area contributed by atoms with Crippen molar-refractivity contribution < 1.29 is 27.0 Å². The molecule has 0 fully saturated rings. The van der Waals surface area contributed by atoms with Gasteiger partial charge in [-0.25, -0.2) is 22.2 Å². The van der Waals surface area contributed by atoms with E-state index in [1.165, 1.54) is 12.5 Å². The Labute approximate surface area is 210 Å². The van der Waals surface area contributed by atoms with Crippen LogP contribution in [0.4, 0.5) is 26.0 Å². The van der Waals surface area contributed by atoms with Crippen molar-refractivity contribution in [2.75, 3.05) is 15.8 Å². The Kier molecular flexibility index (Phi) is 6.30. The van der Waals surface area contributed by atoms with Crippen LogP contribution in [-0.4, -0.2) is 29.9 Å². The van der Waals surface area contributed by atoms with Gasteiger partial charge in [0.25, 0.3) is 0 Å². The number of ketones is 1. The van der Waals surface area contributed by atoms with Gasteiger partial charge in [-0.05, 0) is 41.5 Å². The molecule has 5 aromatic rings. The van der Waals surface area contributed by atoms with Crippen molar-refractivity contribution >= 4 is 54.8 Å². The molecule has 0 aliphatic rings. The first-order chi connectivity index (χ1) is 17.8. The van der Waals surface area contributed by atoms with E-state index in [1.54, 1.807) is 6.92 Å². The minimum atomic E-state index is -3.86. The molecule has 37 heavy (non-hydrogen) atoms. The lowest BCUT2D eigenvalue weighted by molar-refractivity contribution is -0.352. The number of aromatic nitrogens is 3. The number of aromatic amines is 2. The van der Waals surface area contributed by atoms with E-state index in [4.69, 9.17) is 0 Å². The standard InChI is InChI=1S/C26H21F2N5O3S/c1-2-11-37(35,36)33-20-10-9-19(27)22(23(20)28)24(34)18-13-29-25-21(18)26(31-14-30-25)32-17-8-7-15-5-3-4-6-16(15)12-17/h3-10,12-14,33H,2,11H2,1H3,(H2,29,30,31,32)/p+1. The summed E-state index contributed by atoms with van der Waals surface area (Å²) in [7, 11) is -3.86. The predicted molar refractivity (Wildman–Crippen MR) is 137 cm³/mol. The second kappa shape index (κ2) is 9.58. The Bertz CT molecular complexity index is 1770. The van der Waals surface area contributed by atoms with E-state index >= 15 is 4.39 Å². The van der Waals surface area contributed by atoms with Crippen molar-refractivity contribution in [3.8, 4) is 0 Å². The van der Waals surface area contributed by atoms with Gasteiger partial charge in [-0.3, -0.25) is 14.5 Å². The molecule has 0 aliphatic carbocycles. The number of nitrogens with one attached hydrogen (secondary N) is 4. The first kappa shape index (κ1) is 24.3. The van der Waals surface area contributed by atoms with Crippen LogP contribution in [0.2, 0.25) is 0 Å². The van der Waals surface area contributed by atoms with Gasteiger partial charge in [0.15, 0.2) is 5.82 Å². The van der Waals surface area contributed by atoms with E-state index < -0.39 is 38.7 Å². The summed E-state index contributed by atoms with van der Waals surface area (Å²) < 4.78 is 56.4. The van der Waals surface area contributed by atoms with Gasteiger partial charge in [-0.2, -0.15) is 0 Å². The molecule has 188 valence electrons. The first-order valence-corrected chi connectivity index (χ1v) is 13.1. The van der Waals surface area contributed by atoms with Crippen molar-refractivity contribution in [1.82, 2.24) is 9.97 Å². The molecule has 0 saturated heterocycles. The zero-order chi connectivity index (χ0) is 26.2. The van der Waals surface area contributed by atoms with Crippen molar-refractivity contribution in [2.45, 2.75) is 13.3 Å². The Morgan fingerprint density at radius 2 is 1.86 bits per heavy atom. The minimum Gasteiger partial charge on any atom is -0.326 e. The highest BCUT2D eigenvalue weighted by atomic mass is 32.2. The lowest BCUT2D eigenvalue weighted by Crippen LogP contribution is -2.18. The number of carbonyl (C=O) groups excluding carboxylic acids is 1. The minimum absolute atomic E-state index is 0.0472. The number of anilines is 3. The molecule has 0 saturated carbocycles. The van der Waals surface area contributed by atoms with Crippen molar-refractivity contribution in [1.29, 1.82) is 0 Å². The maximum Gasteiger partial charge on any atom is 0.236 e. The summed E-state index contributed by atoms with van der Waals surface area (Å²) in [5, 5.41) is 5.50. The number of nitrogens with zero attached hydrogens (tertiary/aromatic N) is 1. The molecule has 0 amide bonds. The topological polar surface area (TPSA) is 118 Å². The van der Waals surface area contributed by atoms with Crippen LogP contribution in [0.3, 0.4) is 0 Å². The molecular formula is C26H22F2N5O3S+. The molecule has 11 heteroatoms. The van der Waals surface area contributed by atoms with Gasteiger partial charge in [0.05, 0.1) is 28.8 Å². The molecule has 8 nitrogen and oxygen atoms in total. The molecule has 5 rings (SSSR count). The number of benzene rings is 3. The van der Waals surface area contributed by atoms with Crippen LogP contribution in [0, 0.1) is 11.6 Å². The van der Waals surface area contributed by atoms with Crippen LogP contribution in [-0.2, 0) is 10.0 Å². The molecule has 0 aliphatic heterocycles. The zero-order valence-electron chi connectivity index (χ0n) is 19.6. The number of sulfonamides is 1. The number of fused-ring (bicyclic) bond motifs is 2. The van der Waals surface area contributed by atoms with Gasteiger partial charge in [0.1, 0.15) is 11.2 Å². The summed E-state index contributed by atoms with van der Waals surface area (Å²) in [6.45, 7) is 1.65. The van der Waals surface area contributed by atoms with E-state index in [0.29, 0.717) is 17.8 Å². The van der Waals surface area contributed by atoms with Crippen LogP contribution >= 0.6 is 0 Å². The lowest BCUT2D eigenvalue weighted by atomic mass is 10.0. The lowest BCUT2D eigenvalue weighted by Gasteiger charge is -2.11. The Balaban J connectivity index is 1.56. The molecule has 3 aromatic carbocycles. The van der Waals surface area contributed by atoms with Gasteiger partial charge in [0.2, 0.25) is 33.6 Å². The van der Waals surface area contributed by atoms with Crippen molar-refractivity contribution in [2.24, 2.45) is 0 Å². The van der Waals surface area contributed by atoms with Gasteiger partial charge in [-0.1, -0.05) is 42.2 Å². The maximum atomic E-state index is 15.3. The third-order valence-corrected chi connectivity index (χ3v) is 7.31. The van der Waals surface area contributed by atoms with Gasteiger partial charge < -0.3 is 5.32 Å². The summed E-state index contributed by atoms with van der Waals surface area (Å²) >= 11 is 0. The largest absolute Gasteiger partial charge is 0.326 e. The van der Waals surface area contributed by atoms with Gasteiger partial charge in [0, 0.05) is 5.69 Å². The van der Waals surface area contributed by atoms with E-state index in [2.05, 4.69) is 25.0 Å². The summed E-state index contributed by atoms with van der Waals surface area (Å²) in [6.07, 6.45) is 3.04. The van der Waals surface area contributed by atoms with Crippen LogP contribution < -0.4 is 15.0 Å². The van der Waals surface area contributed by atoms with Crippen molar-refractivity contribution in [3.05, 3.63) is 89.9 Å². The fourth-order valence-electron chi connectivity index (χ4n) is 4.15. The summed E-state index contributed by atoms with van der Waals surface area (Å²) in [6, 6.07) is 15.3. The molecule has 0 bridgehead atoms. The summed E-state index contributed by atoms with van der Waals surface area (Å²) in [4.78, 5) is 23.5. The Hall–Kier alpha value is -4.38. The van der Waals surface area contributed by atoms with E-state index in [-0.39, 0.29) is 22.5 Å². The Morgan fingerprint density at radius 3 is 2.65 bits per heavy atom. The molecule has 0 spiro atoms. The number of hydrogen-bond donors (Lipinski definition) is 3. The number of halogens is 2. The molecule has 4 N–H and O–H groups in total. The normalized spacial score (nSPS) is 11.6. The second-order valence-electron chi connectivity index (χ2n) is 8.42. The van der Waals surface area contributed by atoms with Gasteiger partial charge in [-0.15, -0.1) is 0 Å². The molecule has 0 unspecified atom stereocenters. The average molecular weight is 523 g/mol. The highest BCUT2D eigenvalue weighted by Crippen LogP contribution is 2.31.